The first-order chi connectivity index (χ1) is 6.49. The van der Waals surface area contributed by atoms with Gasteiger partial charge in [-0.05, 0) is 22.0 Å². The number of pyridine rings is 1. The van der Waals surface area contributed by atoms with Crippen molar-refractivity contribution in [1.82, 2.24) is 4.98 Å². The number of esters is 1. The molecule has 0 aliphatic rings. The van der Waals surface area contributed by atoms with E-state index in [0.717, 1.165) is 0 Å². The number of nitrogens with zero attached hydrogens (tertiary/aromatic N) is 1. The molecule has 1 aromatic rings. The van der Waals surface area contributed by atoms with Crippen LogP contribution in [0.5, 0.6) is 0 Å². The zero-order chi connectivity index (χ0) is 10.9. The maximum absolute atomic E-state index is 11.2. The van der Waals surface area contributed by atoms with E-state index in [4.69, 9.17) is 14.3 Å². The Bertz CT molecular complexity index is 400. The fraction of sp³-hybridized carbons (Fsp3) is 0.143. The molecule has 1 heterocycles. The molecule has 0 atom stereocenters. The van der Waals surface area contributed by atoms with Crippen molar-refractivity contribution in [3.8, 4) is 0 Å². The number of rotatable bonds is 1. The predicted octanol–water partition coefficient (Wildman–Crippen LogP) is 2.28. The lowest BCUT2D eigenvalue weighted by Gasteiger charge is -1.99. The second-order valence-corrected chi connectivity index (χ2v) is 2.97. The summed E-state index contributed by atoms with van der Waals surface area (Å²) in [6.45, 7) is 0. The second-order valence-electron chi connectivity index (χ2n) is 1.82. The number of carbonyl (C=O) groups excluding carboxylic acids is 1. The smallest absolute Gasteiger partial charge is 0.339 e. The number of hydrogen-bond acceptors (Lipinski definition) is 3. The molecule has 1 rings (SSSR count). The second kappa shape index (κ2) is 3.87. The van der Waals surface area contributed by atoms with Crippen molar-refractivity contribution in [1.29, 1.82) is 0 Å². The molecule has 3 nitrogen and oxygen atoms in total. The molecule has 5 heteroatoms. The summed E-state index contributed by atoms with van der Waals surface area (Å²) >= 11 is 8.58. The van der Waals surface area contributed by atoms with Crippen molar-refractivity contribution in [2.24, 2.45) is 0 Å². The summed E-state index contributed by atoms with van der Waals surface area (Å²) in [5.74, 6) is -0.773. The third kappa shape index (κ3) is 1.95. The first-order valence-electron chi connectivity index (χ1n) is 3.89. The first-order valence-corrected chi connectivity index (χ1v) is 4.06. The van der Waals surface area contributed by atoms with Crippen molar-refractivity contribution in [2.45, 2.75) is 0 Å². The Kier molecular flexibility index (Phi) is 2.21. The normalized spacial score (nSPS) is 11.9. The third-order valence-corrected chi connectivity index (χ3v) is 2.15. The van der Waals surface area contributed by atoms with Gasteiger partial charge in [-0.1, -0.05) is 11.6 Å². The van der Waals surface area contributed by atoms with Gasteiger partial charge in [0.2, 0.25) is 0 Å². The van der Waals surface area contributed by atoms with Gasteiger partial charge in [0, 0.05) is 6.17 Å². The SMILES string of the molecule is [2H]c1nc(Cl)c(Br)c([2H])c1C(=O)OC. The van der Waals surface area contributed by atoms with Crippen LogP contribution in [-0.4, -0.2) is 18.1 Å². The molecule has 0 saturated carbocycles. The van der Waals surface area contributed by atoms with Gasteiger partial charge in [0.25, 0.3) is 0 Å². The zero-order valence-electron chi connectivity index (χ0n) is 8.02. The van der Waals surface area contributed by atoms with Gasteiger partial charge in [-0.3, -0.25) is 0 Å². The van der Waals surface area contributed by atoms with Crippen LogP contribution in [-0.2, 0) is 4.74 Å². The average molecular weight is 252 g/mol. The Morgan fingerprint density at radius 3 is 3.17 bits per heavy atom. The van der Waals surface area contributed by atoms with E-state index in [-0.39, 0.29) is 27.4 Å². The Hall–Kier alpha value is -0.610. The summed E-state index contributed by atoms with van der Waals surface area (Å²) in [6.07, 6.45) is -0.366. The summed E-state index contributed by atoms with van der Waals surface area (Å²) in [7, 11) is 1.17. The lowest BCUT2D eigenvalue weighted by molar-refractivity contribution is 0.0600. The first kappa shape index (κ1) is 6.86. The molecule has 0 unspecified atom stereocenters. The van der Waals surface area contributed by atoms with Crippen LogP contribution in [0.2, 0.25) is 5.15 Å². The van der Waals surface area contributed by atoms with E-state index in [2.05, 4.69) is 25.7 Å². The summed E-state index contributed by atoms with van der Waals surface area (Å²) in [5, 5.41) is -0.0207. The fourth-order valence-electron chi connectivity index (χ4n) is 0.542. The molecule has 0 radical (unpaired) electrons. The zero-order valence-corrected chi connectivity index (χ0v) is 8.36. The fourth-order valence-corrected chi connectivity index (χ4v) is 0.918. The van der Waals surface area contributed by atoms with Crippen LogP contribution in [0.25, 0.3) is 0 Å². The standard InChI is InChI=1S/C7H5BrClNO2/c1-12-7(11)4-2-5(8)6(9)10-3-4/h2-3H,1H3/i2D,3D. The highest BCUT2D eigenvalue weighted by molar-refractivity contribution is 9.10. The number of aromatic nitrogens is 1. The van der Waals surface area contributed by atoms with Gasteiger partial charge in [0.1, 0.15) is 5.15 Å². The van der Waals surface area contributed by atoms with Crippen LogP contribution in [0.15, 0.2) is 16.7 Å². The Morgan fingerprint density at radius 2 is 2.58 bits per heavy atom. The lowest BCUT2D eigenvalue weighted by atomic mass is 10.3. The Morgan fingerprint density at radius 1 is 1.92 bits per heavy atom. The molecule has 0 amide bonds. The lowest BCUT2D eigenvalue weighted by Crippen LogP contribution is -2.01. The maximum Gasteiger partial charge on any atom is 0.339 e. The monoisotopic (exact) mass is 251 g/mol. The van der Waals surface area contributed by atoms with E-state index < -0.39 is 5.97 Å². The third-order valence-electron chi connectivity index (χ3n) is 1.07. The summed E-state index contributed by atoms with van der Waals surface area (Å²) in [4.78, 5) is 14.7. The van der Waals surface area contributed by atoms with E-state index in [9.17, 15) is 4.79 Å². The van der Waals surface area contributed by atoms with Gasteiger partial charge in [0.05, 0.1) is 19.9 Å². The summed E-state index contributed by atoms with van der Waals surface area (Å²) < 4.78 is 19.5. The molecule has 0 aliphatic heterocycles. The van der Waals surface area contributed by atoms with Crippen molar-refractivity contribution in [2.75, 3.05) is 7.11 Å². The van der Waals surface area contributed by atoms with Gasteiger partial charge in [0.15, 0.2) is 0 Å². The molecule has 1 aromatic heterocycles. The van der Waals surface area contributed by atoms with Crippen molar-refractivity contribution in [3.05, 3.63) is 27.4 Å². The number of carbonyl (C=O) groups is 1. The van der Waals surface area contributed by atoms with Crippen LogP contribution in [0.4, 0.5) is 0 Å². The number of ether oxygens (including phenoxy) is 1. The van der Waals surface area contributed by atoms with E-state index >= 15 is 0 Å². The number of halogens is 2. The molecule has 12 heavy (non-hydrogen) atoms. The number of methoxy groups -OCH3 is 1. The van der Waals surface area contributed by atoms with Crippen molar-refractivity contribution >= 4 is 33.5 Å². The quantitative estimate of drug-likeness (QED) is 0.569. The highest BCUT2D eigenvalue weighted by Gasteiger charge is 2.07. The molecule has 0 N–H and O–H groups in total. The molecule has 64 valence electrons. The Balaban J connectivity index is 3.44. The average Bonchev–Trinajstić information content (AvgIpc) is 2.14. The van der Waals surface area contributed by atoms with Crippen LogP contribution in [0.3, 0.4) is 0 Å². The minimum absolute atomic E-state index is 0.0207. The van der Waals surface area contributed by atoms with Gasteiger partial charge in [-0.25, -0.2) is 9.78 Å². The minimum Gasteiger partial charge on any atom is -0.465 e. The molecule has 0 aliphatic carbocycles. The van der Waals surface area contributed by atoms with Crippen molar-refractivity contribution in [3.63, 3.8) is 0 Å². The largest absolute Gasteiger partial charge is 0.465 e. The molecule has 0 spiro atoms. The molecule has 0 saturated heterocycles. The molecule has 0 bridgehead atoms. The highest BCUT2D eigenvalue weighted by atomic mass is 79.9. The predicted molar refractivity (Wildman–Crippen MR) is 48.3 cm³/mol. The van der Waals surface area contributed by atoms with E-state index in [1.165, 1.54) is 7.11 Å². The van der Waals surface area contributed by atoms with Gasteiger partial charge >= 0.3 is 5.97 Å². The van der Waals surface area contributed by atoms with Gasteiger partial charge in [-0.2, -0.15) is 0 Å². The summed E-state index contributed by atoms with van der Waals surface area (Å²) in [5.41, 5.74) is -0.205. The van der Waals surface area contributed by atoms with Gasteiger partial charge in [-0.15, -0.1) is 0 Å². The topological polar surface area (TPSA) is 39.2 Å². The minimum atomic E-state index is -0.773. The maximum atomic E-state index is 11.2. The van der Waals surface area contributed by atoms with E-state index in [0.29, 0.717) is 0 Å². The highest BCUT2D eigenvalue weighted by Crippen LogP contribution is 2.20. The van der Waals surface area contributed by atoms with E-state index in [1.807, 2.05) is 0 Å². The summed E-state index contributed by atoms with van der Waals surface area (Å²) in [6, 6.07) is -0.193. The van der Waals surface area contributed by atoms with Crippen molar-refractivity contribution < 1.29 is 12.3 Å². The van der Waals surface area contributed by atoms with Crippen LogP contribution < -0.4 is 0 Å². The van der Waals surface area contributed by atoms with Crippen LogP contribution in [0, 0.1) is 0 Å². The van der Waals surface area contributed by atoms with Crippen LogP contribution >= 0.6 is 27.5 Å². The van der Waals surface area contributed by atoms with Crippen LogP contribution in [0.1, 0.15) is 13.1 Å². The molecule has 0 fully saturated rings. The van der Waals surface area contributed by atoms with E-state index in [1.54, 1.807) is 0 Å². The van der Waals surface area contributed by atoms with Gasteiger partial charge < -0.3 is 4.74 Å². The Labute approximate surface area is 85.6 Å². The molecule has 0 aromatic carbocycles. The molecular formula is C7H5BrClNO2. The molecular weight excluding hydrogens is 245 g/mol. The number of hydrogen-bond donors (Lipinski definition) is 0.